The van der Waals surface area contributed by atoms with Gasteiger partial charge in [-0.1, -0.05) is 23.2 Å². The second-order valence-corrected chi connectivity index (χ2v) is 8.94. The molecule has 1 saturated heterocycles. The van der Waals surface area contributed by atoms with Crippen molar-refractivity contribution >= 4 is 45.8 Å². The molecule has 1 fully saturated rings. The van der Waals surface area contributed by atoms with Gasteiger partial charge in [-0.2, -0.15) is 0 Å². The minimum Gasteiger partial charge on any atom is -0.365 e. The Morgan fingerprint density at radius 3 is 2.94 bits per heavy atom. The fourth-order valence-corrected chi connectivity index (χ4v) is 5.38. The van der Waals surface area contributed by atoms with Crippen molar-refractivity contribution in [3.05, 3.63) is 51.5 Å². The average Bonchev–Trinajstić information content (AvgIpc) is 3.13. The Bertz CT molecular complexity index is 1160. The molecular weight excluding hydrogens is 437 g/mol. The van der Waals surface area contributed by atoms with Gasteiger partial charge in [0.05, 0.1) is 42.8 Å². The first-order chi connectivity index (χ1) is 14.9. The number of nitrogens with one attached hydrogen (secondary N) is 1. The van der Waals surface area contributed by atoms with Crippen LogP contribution in [-0.4, -0.2) is 58.1 Å². The number of carbonyl (C=O) groups is 1. The second-order valence-electron chi connectivity index (χ2n) is 8.10. The van der Waals surface area contributed by atoms with Gasteiger partial charge in [0.25, 0.3) is 5.91 Å². The maximum Gasteiger partial charge on any atom is 0.254 e. The number of imidazole rings is 1. The zero-order valence-electron chi connectivity index (χ0n) is 17.4. The highest BCUT2D eigenvalue weighted by molar-refractivity contribution is 6.35. The topological polar surface area (TPSA) is 74.3 Å². The Balaban J connectivity index is 1.38. The zero-order valence-corrected chi connectivity index (χ0v) is 18.9. The predicted octanol–water partition coefficient (Wildman–Crippen LogP) is 3.92. The molecule has 9 heteroatoms. The maximum absolute atomic E-state index is 13.5. The predicted molar refractivity (Wildman–Crippen MR) is 121 cm³/mol. The number of aryl methyl sites for hydroxylation is 1. The first-order valence-corrected chi connectivity index (χ1v) is 11.1. The Hall–Kier alpha value is -2.35. The van der Waals surface area contributed by atoms with Crippen molar-refractivity contribution in [1.29, 1.82) is 0 Å². The number of aromatic amines is 1. The van der Waals surface area contributed by atoms with Gasteiger partial charge < -0.3 is 19.5 Å². The van der Waals surface area contributed by atoms with Crippen LogP contribution in [0.15, 0.2) is 24.5 Å². The van der Waals surface area contributed by atoms with E-state index in [1.165, 1.54) is 0 Å². The van der Waals surface area contributed by atoms with Crippen LogP contribution < -0.4 is 4.90 Å². The van der Waals surface area contributed by atoms with E-state index >= 15 is 0 Å². The van der Waals surface area contributed by atoms with Crippen molar-refractivity contribution < 1.29 is 9.53 Å². The molecule has 2 aromatic heterocycles. The normalized spacial score (nSPS) is 21.4. The summed E-state index contributed by atoms with van der Waals surface area (Å²) < 4.78 is 5.91. The van der Waals surface area contributed by atoms with Gasteiger partial charge in [0.15, 0.2) is 6.10 Å². The number of hydrogen-bond donors (Lipinski definition) is 1. The molecule has 3 aromatic rings. The van der Waals surface area contributed by atoms with Crippen LogP contribution >= 0.6 is 23.2 Å². The Morgan fingerprint density at radius 1 is 1.26 bits per heavy atom. The molecule has 2 atom stereocenters. The summed E-state index contributed by atoms with van der Waals surface area (Å²) in [6.07, 6.45) is 3.73. The van der Waals surface area contributed by atoms with Gasteiger partial charge in [-0.3, -0.25) is 9.78 Å². The Morgan fingerprint density at radius 2 is 2.10 bits per heavy atom. The van der Waals surface area contributed by atoms with E-state index in [1.54, 1.807) is 12.3 Å². The number of hydrogen-bond acceptors (Lipinski definition) is 5. The summed E-state index contributed by atoms with van der Waals surface area (Å²) >= 11 is 12.6. The highest BCUT2D eigenvalue weighted by atomic mass is 35.5. The van der Waals surface area contributed by atoms with Gasteiger partial charge in [0.1, 0.15) is 11.3 Å². The summed E-state index contributed by atoms with van der Waals surface area (Å²) in [5.41, 5.74) is 4.77. The first-order valence-electron chi connectivity index (χ1n) is 10.4. The molecule has 4 heterocycles. The van der Waals surface area contributed by atoms with Gasteiger partial charge in [-0.15, -0.1) is 0 Å². The summed E-state index contributed by atoms with van der Waals surface area (Å²) in [5.74, 6) is 0.817. The number of rotatable bonds is 2. The van der Waals surface area contributed by atoms with Crippen LogP contribution in [0.2, 0.25) is 10.0 Å². The van der Waals surface area contributed by atoms with Crippen molar-refractivity contribution in [2.75, 3.05) is 31.1 Å². The number of amides is 1. The molecule has 1 aromatic carbocycles. The summed E-state index contributed by atoms with van der Waals surface area (Å²) in [4.78, 5) is 29.6. The van der Waals surface area contributed by atoms with Crippen molar-refractivity contribution in [2.24, 2.45) is 0 Å². The van der Waals surface area contributed by atoms with Crippen molar-refractivity contribution in [1.82, 2.24) is 19.9 Å². The number of fused-ring (bicyclic) bond motifs is 2. The summed E-state index contributed by atoms with van der Waals surface area (Å²) in [6, 6.07) is 3.55. The molecule has 0 saturated carbocycles. The van der Waals surface area contributed by atoms with Gasteiger partial charge >= 0.3 is 0 Å². The molecule has 0 aliphatic carbocycles. The number of halogens is 2. The fourth-order valence-electron chi connectivity index (χ4n) is 4.69. The van der Waals surface area contributed by atoms with Crippen LogP contribution in [0.5, 0.6) is 0 Å². The first kappa shape index (κ1) is 20.5. The van der Waals surface area contributed by atoms with E-state index in [2.05, 4.69) is 19.9 Å². The molecule has 2 aliphatic rings. The molecular formula is C22H23Cl2N5O2. The molecule has 162 valence electrons. The van der Waals surface area contributed by atoms with Crippen LogP contribution in [0, 0.1) is 6.92 Å². The fraction of sp³-hybridized carbons (Fsp3) is 0.409. The van der Waals surface area contributed by atoms with E-state index in [-0.39, 0.29) is 11.9 Å². The second kappa shape index (κ2) is 7.97. The van der Waals surface area contributed by atoms with E-state index in [4.69, 9.17) is 27.9 Å². The molecule has 2 aliphatic heterocycles. The lowest BCUT2D eigenvalue weighted by atomic mass is 9.93. The van der Waals surface area contributed by atoms with Crippen molar-refractivity contribution in [3.8, 4) is 0 Å². The summed E-state index contributed by atoms with van der Waals surface area (Å²) in [5, 5.41) is 1.23. The average molecular weight is 460 g/mol. The number of aromatic nitrogens is 3. The monoisotopic (exact) mass is 459 g/mol. The minimum atomic E-state index is -0.553. The van der Waals surface area contributed by atoms with Gasteiger partial charge in [0.2, 0.25) is 0 Å². The number of pyridine rings is 1. The van der Waals surface area contributed by atoms with Crippen LogP contribution in [0.3, 0.4) is 0 Å². The zero-order chi connectivity index (χ0) is 21.7. The van der Waals surface area contributed by atoms with Crippen molar-refractivity contribution in [3.63, 3.8) is 0 Å². The number of H-pyrrole nitrogens is 1. The maximum atomic E-state index is 13.5. The number of nitrogens with zero attached hydrogens (tertiary/aromatic N) is 4. The minimum absolute atomic E-state index is 0.0187. The third kappa shape index (κ3) is 3.64. The highest BCUT2D eigenvalue weighted by Gasteiger charge is 2.36. The molecule has 0 bridgehead atoms. The lowest BCUT2D eigenvalue weighted by molar-refractivity contribution is -0.147. The van der Waals surface area contributed by atoms with Gasteiger partial charge in [0, 0.05) is 23.1 Å². The SMILES string of the molecule is Cc1nc2cncc(N3CCO[C@@H](C(=O)N4CCc5cc(Cl)cc(Cl)c5[C@@H]4C)C3)c2[nH]1. The van der Waals surface area contributed by atoms with Crippen LogP contribution in [0.1, 0.15) is 29.9 Å². The standard InChI is InChI=1S/C22H23Cl2N5O2/c1-12-20-14(7-15(23)8-16(20)24)3-4-29(12)22(30)19-11-28(5-6-31-19)18-10-25-9-17-21(18)27-13(2)26-17/h7-10,12,19H,3-6,11H2,1-2H3,(H,26,27)/t12-,19+/m0/s1. The van der Waals surface area contributed by atoms with E-state index in [9.17, 15) is 4.79 Å². The number of benzene rings is 1. The molecule has 0 unspecified atom stereocenters. The third-order valence-corrected chi connectivity index (χ3v) is 6.68. The smallest absolute Gasteiger partial charge is 0.254 e. The van der Waals surface area contributed by atoms with E-state index in [0.717, 1.165) is 40.1 Å². The largest absolute Gasteiger partial charge is 0.365 e. The molecule has 5 rings (SSSR count). The number of carbonyl (C=O) groups excluding carboxylic acids is 1. The molecule has 1 N–H and O–H groups in total. The molecule has 0 spiro atoms. The quantitative estimate of drug-likeness (QED) is 0.628. The third-order valence-electron chi connectivity index (χ3n) is 6.15. The molecule has 7 nitrogen and oxygen atoms in total. The van der Waals surface area contributed by atoms with Crippen LogP contribution in [0.25, 0.3) is 11.0 Å². The summed E-state index contributed by atoms with van der Waals surface area (Å²) in [6.45, 7) is 6.15. The molecule has 0 radical (unpaired) electrons. The van der Waals surface area contributed by atoms with E-state index in [0.29, 0.717) is 36.3 Å². The van der Waals surface area contributed by atoms with E-state index < -0.39 is 6.10 Å². The number of morpholine rings is 1. The molecule has 31 heavy (non-hydrogen) atoms. The Kier molecular flexibility index (Phi) is 5.28. The lowest BCUT2D eigenvalue weighted by Gasteiger charge is -2.40. The highest BCUT2D eigenvalue weighted by Crippen LogP contribution is 2.37. The molecule has 1 amide bonds. The lowest BCUT2D eigenvalue weighted by Crippen LogP contribution is -2.53. The van der Waals surface area contributed by atoms with Gasteiger partial charge in [-0.25, -0.2) is 4.98 Å². The number of ether oxygens (including phenoxy) is 1. The Labute approximate surface area is 190 Å². The summed E-state index contributed by atoms with van der Waals surface area (Å²) in [7, 11) is 0. The van der Waals surface area contributed by atoms with E-state index in [1.807, 2.05) is 31.0 Å². The van der Waals surface area contributed by atoms with Gasteiger partial charge in [-0.05, 0) is 43.5 Å². The van der Waals surface area contributed by atoms with Crippen LogP contribution in [-0.2, 0) is 16.0 Å². The van der Waals surface area contributed by atoms with Crippen molar-refractivity contribution in [2.45, 2.75) is 32.4 Å². The number of anilines is 1. The van der Waals surface area contributed by atoms with Crippen LogP contribution in [0.4, 0.5) is 5.69 Å².